The van der Waals surface area contributed by atoms with Crippen LogP contribution < -0.4 is 5.32 Å². The van der Waals surface area contributed by atoms with Crippen molar-refractivity contribution in [3.05, 3.63) is 18.2 Å². The number of ether oxygens (including phenoxy) is 1. The van der Waals surface area contributed by atoms with Crippen LogP contribution in [0.25, 0.3) is 0 Å². The highest BCUT2D eigenvalue weighted by Crippen LogP contribution is 2.33. The Labute approximate surface area is 138 Å². The van der Waals surface area contributed by atoms with Crippen molar-refractivity contribution in [2.45, 2.75) is 31.9 Å². The summed E-state index contributed by atoms with van der Waals surface area (Å²) in [7, 11) is -0.349. The van der Waals surface area contributed by atoms with E-state index in [0.29, 0.717) is 11.1 Å². The van der Waals surface area contributed by atoms with Gasteiger partial charge >= 0.3 is 0 Å². The van der Waals surface area contributed by atoms with Crippen LogP contribution >= 0.6 is 21.8 Å². The van der Waals surface area contributed by atoms with E-state index >= 15 is 0 Å². The Morgan fingerprint density at radius 1 is 1.50 bits per heavy atom. The largest absolute Gasteiger partial charge is 0.486 e. The molecule has 0 saturated carbocycles. The monoisotopic (exact) mass is 341 g/mol. The lowest BCUT2D eigenvalue weighted by Crippen LogP contribution is -2.17. The minimum absolute atomic E-state index is 0.0387. The first-order valence-corrected chi connectivity index (χ1v) is 9.29. The van der Waals surface area contributed by atoms with Crippen LogP contribution in [0.2, 0.25) is 0 Å². The third-order valence-corrected chi connectivity index (χ3v) is 5.42. The SMILES string of the molecule is C=N/C=C(\OCS(=C)c1cnc(NC(=O)C(C)C)s1)C(C)C. The van der Waals surface area contributed by atoms with Crippen LogP contribution in [-0.2, 0) is 9.53 Å². The number of thiazole rings is 1. The van der Waals surface area contributed by atoms with E-state index in [-0.39, 0.29) is 28.2 Å². The van der Waals surface area contributed by atoms with E-state index in [2.05, 4.69) is 27.9 Å². The molecule has 0 fully saturated rings. The fraction of sp³-hybridized carbons (Fsp3) is 0.467. The van der Waals surface area contributed by atoms with Gasteiger partial charge in [-0.25, -0.2) is 4.98 Å². The van der Waals surface area contributed by atoms with E-state index in [1.807, 2.05) is 27.7 Å². The predicted octanol–water partition coefficient (Wildman–Crippen LogP) is 3.97. The molecule has 22 heavy (non-hydrogen) atoms. The molecule has 0 aromatic carbocycles. The standard InChI is InChI=1S/C15H23N3O2S2/c1-10(2)12(7-16-5)20-9-22(6)13-8-17-15(21-13)18-14(19)11(3)4/h7-8,10-11H,5-6,9H2,1-4H3,(H,17,18,19)/b12-7-. The number of nitrogens with zero attached hydrogens (tertiary/aromatic N) is 2. The normalized spacial score (nSPS) is 13.3. The van der Waals surface area contributed by atoms with Crippen LogP contribution in [0, 0.1) is 11.8 Å². The molecule has 122 valence electrons. The summed E-state index contributed by atoms with van der Waals surface area (Å²) in [6, 6.07) is 0. The summed E-state index contributed by atoms with van der Waals surface area (Å²) < 4.78 is 6.75. The van der Waals surface area contributed by atoms with E-state index in [9.17, 15) is 4.79 Å². The number of allylic oxidation sites excluding steroid dienone is 1. The summed E-state index contributed by atoms with van der Waals surface area (Å²) in [5, 5.41) is 3.39. The highest BCUT2D eigenvalue weighted by atomic mass is 32.2. The number of aliphatic imine (C=N–C) groups is 1. The second-order valence-electron chi connectivity index (χ2n) is 5.25. The number of anilines is 1. The molecule has 1 unspecified atom stereocenters. The van der Waals surface area contributed by atoms with Crippen LogP contribution in [0.3, 0.4) is 0 Å². The quantitative estimate of drug-likeness (QED) is 0.442. The molecule has 0 spiro atoms. The van der Waals surface area contributed by atoms with Crippen LogP contribution in [0.4, 0.5) is 5.13 Å². The van der Waals surface area contributed by atoms with E-state index in [1.165, 1.54) is 11.3 Å². The summed E-state index contributed by atoms with van der Waals surface area (Å²) in [4.78, 5) is 19.6. The van der Waals surface area contributed by atoms with E-state index in [1.54, 1.807) is 12.4 Å². The smallest absolute Gasteiger partial charge is 0.228 e. The number of hydrogen-bond acceptors (Lipinski definition) is 5. The Balaban J connectivity index is 2.63. The maximum absolute atomic E-state index is 11.6. The highest BCUT2D eigenvalue weighted by Gasteiger charge is 2.12. The van der Waals surface area contributed by atoms with Gasteiger partial charge < -0.3 is 10.1 Å². The molecule has 1 aromatic rings. The zero-order chi connectivity index (χ0) is 16.7. The molecule has 0 aliphatic carbocycles. The maximum Gasteiger partial charge on any atom is 0.228 e. The van der Waals surface area contributed by atoms with Crippen molar-refractivity contribution in [3.63, 3.8) is 0 Å². The molecular formula is C15H23N3O2S2. The summed E-state index contributed by atoms with van der Waals surface area (Å²) in [6.45, 7) is 11.2. The Kier molecular flexibility index (Phi) is 7.47. The van der Waals surface area contributed by atoms with Crippen molar-refractivity contribution < 1.29 is 9.53 Å². The van der Waals surface area contributed by atoms with Gasteiger partial charge in [-0.1, -0.05) is 44.9 Å². The second-order valence-corrected chi connectivity index (χ2v) is 8.20. The molecule has 1 atom stereocenters. The Morgan fingerprint density at radius 3 is 2.73 bits per heavy atom. The van der Waals surface area contributed by atoms with Gasteiger partial charge in [-0.15, -0.1) is 10.5 Å². The first kappa shape index (κ1) is 18.6. The first-order valence-electron chi connectivity index (χ1n) is 6.91. The maximum atomic E-state index is 11.6. The van der Waals surface area contributed by atoms with Gasteiger partial charge in [-0.2, -0.15) is 0 Å². The van der Waals surface area contributed by atoms with Gasteiger partial charge in [0.05, 0.1) is 16.6 Å². The van der Waals surface area contributed by atoms with Gasteiger partial charge in [0.1, 0.15) is 11.7 Å². The van der Waals surface area contributed by atoms with E-state index in [0.717, 1.165) is 9.97 Å². The third-order valence-electron chi connectivity index (χ3n) is 2.68. The molecule has 0 saturated heterocycles. The van der Waals surface area contributed by atoms with E-state index in [4.69, 9.17) is 4.74 Å². The average molecular weight is 342 g/mol. The van der Waals surface area contributed by atoms with Gasteiger partial charge in [-0.05, 0) is 6.72 Å². The Bertz CT molecular complexity index is 577. The number of hydrogen-bond donors (Lipinski definition) is 1. The van der Waals surface area contributed by atoms with Crippen molar-refractivity contribution >= 4 is 45.4 Å². The molecule has 0 bridgehead atoms. The molecule has 0 aliphatic heterocycles. The lowest BCUT2D eigenvalue weighted by Gasteiger charge is -2.13. The van der Waals surface area contributed by atoms with Crippen LogP contribution in [-0.4, -0.2) is 29.4 Å². The first-order chi connectivity index (χ1) is 10.3. The minimum Gasteiger partial charge on any atom is -0.486 e. The second kappa shape index (κ2) is 8.85. The molecule has 1 N–H and O–H groups in total. The van der Waals surface area contributed by atoms with Crippen molar-refractivity contribution in [2.24, 2.45) is 16.8 Å². The van der Waals surface area contributed by atoms with Crippen molar-refractivity contribution in [2.75, 3.05) is 11.3 Å². The molecule has 1 rings (SSSR count). The van der Waals surface area contributed by atoms with Crippen molar-refractivity contribution in [3.8, 4) is 0 Å². The molecule has 0 radical (unpaired) electrons. The molecule has 5 nitrogen and oxygen atoms in total. The number of carbonyl (C=O) groups excluding carboxylic acids is 1. The topological polar surface area (TPSA) is 63.6 Å². The van der Waals surface area contributed by atoms with Gasteiger partial charge in [-0.3, -0.25) is 9.79 Å². The van der Waals surface area contributed by atoms with Crippen molar-refractivity contribution in [1.82, 2.24) is 4.98 Å². The average Bonchev–Trinajstić information content (AvgIpc) is 2.91. The summed E-state index contributed by atoms with van der Waals surface area (Å²) in [5.41, 5.74) is 0. The fourth-order valence-electron chi connectivity index (χ4n) is 1.34. The van der Waals surface area contributed by atoms with Crippen LogP contribution in [0.15, 0.2) is 27.4 Å². The lowest BCUT2D eigenvalue weighted by molar-refractivity contribution is -0.118. The molecule has 1 aromatic heterocycles. The number of aromatic nitrogens is 1. The van der Waals surface area contributed by atoms with E-state index < -0.39 is 0 Å². The highest BCUT2D eigenvalue weighted by molar-refractivity contribution is 8.15. The van der Waals surface area contributed by atoms with Gasteiger partial charge in [0.25, 0.3) is 0 Å². The zero-order valence-electron chi connectivity index (χ0n) is 13.5. The Hall–Kier alpha value is -1.47. The lowest BCUT2D eigenvalue weighted by atomic mass is 10.2. The molecule has 0 aliphatic rings. The number of nitrogens with one attached hydrogen (secondary N) is 1. The Morgan fingerprint density at radius 2 is 2.18 bits per heavy atom. The van der Waals surface area contributed by atoms with Crippen LogP contribution in [0.5, 0.6) is 0 Å². The molecule has 7 heteroatoms. The molecule has 1 amide bonds. The van der Waals surface area contributed by atoms with Gasteiger partial charge in [0.2, 0.25) is 5.91 Å². The number of amides is 1. The van der Waals surface area contributed by atoms with Gasteiger partial charge in [0.15, 0.2) is 5.13 Å². The minimum atomic E-state index is -0.349. The predicted molar refractivity (Wildman–Crippen MR) is 97.0 cm³/mol. The third kappa shape index (κ3) is 5.73. The summed E-state index contributed by atoms with van der Waals surface area (Å²) in [6.07, 6.45) is 3.37. The zero-order valence-corrected chi connectivity index (χ0v) is 15.1. The number of rotatable bonds is 8. The van der Waals surface area contributed by atoms with Gasteiger partial charge in [0, 0.05) is 11.8 Å². The number of carbonyl (C=O) groups is 1. The molecule has 1 heterocycles. The summed E-state index contributed by atoms with van der Waals surface area (Å²) in [5.74, 6) is 5.49. The van der Waals surface area contributed by atoms with Crippen LogP contribution in [0.1, 0.15) is 27.7 Å². The summed E-state index contributed by atoms with van der Waals surface area (Å²) >= 11 is 1.43. The van der Waals surface area contributed by atoms with Crippen molar-refractivity contribution in [1.29, 1.82) is 0 Å². The molecular weight excluding hydrogens is 318 g/mol. The fourth-order valence-corrected chi connectivity index (χ4v) is 3.34.